The van der Waals surface area contributed by atoms with Gasteiger partial charge in [-0.05, 0) is 50.5 Å². The molecule has 15 heavy (non-hydrogen) atoms. The third-order valence-corrected chi connectivity index (χ3v) is 2.25. The molecule has 0 heterocycles. The second-order valence-electron chi connectivity index (χ2n) is 3.93. The van der Waals surface area contributed by atoms with Crippen LogP contribution in [0, 0.1) is 12.7 Å². The smallest absolute Gasteiger partial charge is 0.125 e. The van der Waals surface area contributed by atoms with E-state index >= 15 is 0 Å². The number of hydrogen-bond donors (Lipinski definition) is 2. The van der Waals surface area contributed by atoms with Crippen LogP contribution in [-0.4, -0.2) is 17.8 Å². The van der Waals surface area contributed by atoms with Crippen LogP contribution in [0.3, 0.4) is 0 Å². The third-order valence-electron chi connectivity index (χ3n) is 2.25. The minimum atomic E-state index is -0.216. The lowest BCUT2D eigenvalue weighted by molar-refractivity contribution is 0.282. The van der Waals surface area contributed by atoms with Gasteiger partial charge >= 0.3 is 0 Å². The first-order chi connectivity index (χ1) is 7.11. The molecule has 0 aliphatic carbocycles. The Balaban J connectivity index is 2.56. The van der Waals surface area contributed by atoms with Crippen LogP contribution in [-0.2, 0) is 0 Å². The predicted molar refractivity (Wildman–Crippen MR) is 60.5 cm³/mol. The minimum absolute atomic E-state index is 0.203. The van der Waals surface area contributed by atoms with Crippen LogP contribution < -0.4 is 5.32 Å². The molecule has 0 spiro atoms. The van der Waals surface area contributed by atoms with Crippen molar-refractivity contribution in [3.63, 3.8) is 0 Å². The number of aliphatic hydroxyl groups is 1. The van der Waals surface area contributed by atoms with E-state index in [4.69, 9.17) is 5.11 Å². The first-order valence-corrected chi connectivity index (χ1v) is 5.26. The molecule has 0 aliphatic heterocycles. The number of benzene rings is 1. The van der Waals surface area contributed by atoms with Gasteiger partial charge in [-0.2, -0.15) is 0 Å². The van der Waals surface area contributed by atoms with Crippen LogP contribution in [0.2, 0.25) is 0 Å². The summed E-state index contributed by atoms with van der Waals surface area (Å²) in [4.78, 5) is 0. The summed E-state index contributed by atoms with van der Waals surface area (Å²) in [5, 5.41) is 11.9. The fraction of sp³-hybridized carbons (Fsp3) is 0.500. The topological polar surface area (TPSA) is 32.3 Å². The number of rotatable bonds is 5. The zero-order valence-corrected chi connectivity index (χ0v) is 9.26. The highest BCUT2D eigenvalue weighted by molar-refractivity contribution is 5.46. The molecule has 1 rings (SSSR count). The largest absolute Gasteiger partial charge is 0.396 e. The molecule has 0 radical (unpaired) electrons. The van der Waals surface area contributed by atoms with E-state index in [1.165, 1.54) is 12.1 Å². The molecule has 1 atom stereocenters. The summed E-state index contributed by atoms with van der Waals surface area (Å²) in [5.41, 5.74) is 1.71. The first-order valence-electron chi connectivity index (χ1n) is 5.26. The van der Waals surface area contributed by atoms with Crippen LogP contribution in [0.15, 0.2) is 18.2 Å². The lowest BCUT2D eigenvalue weighted by atomic mass is 10.1. The van der Waals surface area contributed by atoms with Crippen molar-refractivity contribution in [2.75, 3.05) is 11.9 Å². The molecule has 0 aromatic heterocycles. The molecule has 1 aromatic carbocycles. The van der Waals surface area contributed by atoms with Crippen molar-refractivity contribution in [2.24, 2.45) is 0 Å². The molecule has 2 nitrogen and oxygen atoms in total. The van der Waals surface area contributed by atoms with Gasteiger partial charge in [0.2, 0.25) is 0 Å². The van der Waals surface area contributed by atoms with Crippen LogP contribution >= 0.6 is 0 Å². The van der Waals surface area contributed by atoms with Crippen LogP contribution in [0.5, 0.6) is 0 Å². The SMILES string of the molecule is Cc1cc(F)cc(NC(C)CCCO)c1. The van der Waals surface area contributed by atoms with Crippen molar-refractivity contribution in [3.8, 4) is 0 Å². The summed E-state index contributed by atoms with van der Waals surface area (Å²) in [6.07, 6.45) is 1.65. The number of nitrogens with one attached hydrogen (secondary N) is 1. The summed E-state index contributed by atoms with van der Waals surface area (Å²) in [5.74, 6) is -0.216. The Labute approximate surface area is 90.1 Å². The predicted octanol–water partition coefficient (Wildman–Crippen LogP) is 2.71. The maximum absolute atomic E-state index is 13.1. The molecule has 84 valence electrons. The molecule has 0 saturated carbocycles. The van der Waals surface area contributed by atoms with Crippen molar-refractivity contribution in [2.45, 2.75) is 32.7 Å². The van der Waals surface area contributed by atoms with Gasteiger partial charge in [0, 0.05) is 18.3 Å². The van der Waals surface area contributed by atoms with E-state index in [1.807, 2.05) is 19.9 Å². The van der Waals surface area contributed by atoms with Crippen LogP contribution in [0.1, 0.15) is 25.3 Å². The molecule has 1 unspecified atom stereocenters. The Hall–Kier alpha value is -1.09. The lowest BCUT2D eigenvalue weighted by Crippen LogP contribution is -2.15. The van der Waals surface area contributed by atoms with E-state index in [0.29, 0.717) is 0 Å². The molecule has 0 amide bonds. The van der Waals surface area contributed by atoms with Crippen molar-refractivity contribution >= 4 is 5.69 Å². The fourth-order valence-corrected chi connectivity index (χ4v) is 1.57. The van der Waals surface area contributed by atoms with Gasteiger partial charge in [0.1, 0.15) is 5.82 Å². The summed E-state index contributed by atoms with van der Waals surface area (Å²) in [6, 6.07) is 5.16. The minimum Gasteiger partial charge on any atom is -0.396 e. The van der Waals surface area contributed by atoms with Gasteiger partial charge in [0.25, 0.3) is 0 Å². The summed E-state index contributed by atoms with van der Waals surface area (Å²) in [6.45, 7) is 4.09. The zero-order valence-electron chi connectivity index (χ0n) is 9.26. The second-order valence-corrected chi connectivity index (χ2v) is 3.93. The average Bonchev–Trinajstić information content (AvgIpc) is 2.13. The highest BCUT2D eigenvalue weighted by Crippen LogP contribution is 2.15. The van der Waals surface area contributed by atoms with Crippen molar-refractivity contribution in [1.82, 2.24) is 0 Å². The van der Waals surface area contributed by atoms with Gasteiger partial charge in [-0.25, -0.2) is 4.39 Å². The van der Waals surface area contributed by atoms with E-state index in [0.717, 1.165) is 24.1 Å². The summed E-state index contributed by atoms with van der Waals surface area (Å²) < 4.78 is 13.1. The highest BCUT2D eigenvalue weighted by atomic mass is 19.1. The number of anilines is 1. The third kappa shape index (κ3) is 4.30. The number of aryl methyl sites for hydroxylation is 1. The number of halogens is 1. The number of hydrogen-bond acceptors (Lipinski definition) is 2. The molecule has 0 aliphatic rings. The second kappa shape index (κ2) is 5.71. The molecule has 1 aromatic rings. The van der Waals surface area contributed by atoms with E-state index in [-0.39, 0.29) is 18.5 Å². The van der Waals surface area contributed by atoms with Crippen LogP contribution in [0.4, 0.5) is 10.1 Å². The van der Waals surface area contributed by atoms with E-state index in [9.17, 15) is 4.39 Å². The van der Waals surface area contributed by atoms with Gasteiger partial charge in [-0.15, -0.1) is 0 Å². The summed E-state index contributed by atoms with van der Waals surface area (Å²) >= 11 is 0. The van der Waals surface area contributed by atoms with Gasteiger partial charge < -0.3 is 10.4 Å². The molecular formula is C12H18FNO. The van der Waals surface area contributed by atoms with Gasteiger partial charge in [-0.3, -0.25) is 0 Å². The van der Waals surface area contributed by atoms with Crippen molar-refractivity contribution < 1.29 is 9.50 Å². The number of aliphatic hydroxyl groups excluding tert-OH is 1. The lowest BCUT2D eigenvalue weighted by Gasteiger charge is -2.15. The van der Waals surface area contributed by atoms with Crippen molar-refractivity contribution in [1.29, 1.82) is 0 Å². The van der Waals surface area contributed by atoms with Crippen LogP contribution in [0.25, 0.3) is 0 Å². The Morgan fingerprint density at radius 2 is 2.13 bits per heavy atom. The molecule has 0 saturated heterocycles. The van der Waals surface area contributed by atoms with E-state index in [2.05, 4.69) is 5.32 Å². The van der Waals surface area contributed by atoms with Gasteiger partial charge in [-0.1, -0.05) is 0 Å². The molecule has 2 N–H and O–H groups in total. The maximum atomic E-state index is 13.1. The molecule has 0 fully saturated rings. The fourth-order valence-electron chi connectivity index (χ4n) is 1.57. The Morgan fingerprint density at radius 1 is 1.40 bits per heavy atom. The standard InChI is InChI=1S/C12H18FNO/c1-9-6-11(13)8-12(7-9)14-10(2)4-3-5-15/h6-8,10,14-15H,3-5H2,1-2H3. The van der Waals surface area contributed by atoms with Gasteiger partial charge in [0.15, 0.2) is 0 Å². The molecule has 3 heteroatoms. The Morgan fingerprint density at radius 3 is 2.73 bits per heavy atom. The Kier molecular flexibility index (Phi) is 4.56. The molecule has 0 bridgehead atoms. The maximum Gasteiger partial charge on any atom is 0.125 e. The average molecular weight is 211 g/mol. The van der Waals surface area contributed by atoms with E-state index < -0.39 is 0 Å². The molecular weight excluding hydrogens is 193 g/mol. The van der Waals surface area contributed by atoms with Crippen molar-refractivity contribution in [3.05, 3.63) is 29.6 Å². The van der Waals surface area contributed by atoms with Gasteiger partial charge in [0.05, 0.1) is 0 Å². The normalized spacial score (nSPS) is 12.5. The Bertz CT molecular complexity index is 294. The first kappa shape index (κ1) is 12.0. The zero-order chi connectivity index (χ0) is 11.3. The quantitative estimate of drug-likeness (QED) is 0.784. The summed E-state index contributed by atoms with van der Waals surface area (Å²) in [7, 11) is 0. The monoisotopic (exact) mass is 211 g/mol. The van der Waals surface area contributed by atoms with E-state index in [1.54, 1.807) is 0 Å². The highest BCUT2D eigenvalue weighted by Gasteiger charge is 2.03.